The molecule has 0 aromatic heterocycles. The summed E-state index contributed by atoms with van der Waals surface area (Å²) in [5, 5.41) is 5.39. The fourth-order valence-electron chi connectivity index (χ4n) is 7.49. The zero-order valence-electron chi connectivity index (χ0n) is 35.6. The van der Waals surface area contributed by atoms with Crippen molar-refractivity contribution in [3.8, 4) is 22.3 Å². The van der Waals surface area contributed by atoms with Gasteiger partial charge < -0.3 is 24.8 Å². The maximum absolute atomic E-state index is 2.99. The molecule has 0 saturated heterocycles. The average Bonchev–Trinajstić information content (AvgIpc) is 3.69. The maximum atomic E-state index is 2.99. The zero-order chi connectivity index (χ0) is 38.5. The van der Waals surface area contributed by atoms with Crippen molar-refractivity contribution < 1.29 is 49.0 Å². The third-order valence-corrected chi connectivity index (χ3v) is 10.6. The molecule has 0 N–H and O–H groups in total. The van der Waals surface area contributed by atoms with Crippen LogP contribution < -0.4 is 24.8 Å². The SMILES string of the molecule is CC(C)C[C](=[Zr+2])CC(C)C.Cc1cc(C)cc(-c2cc3[cH-]c4cc(-c5cc(C)cc(C)c5)c(C(C)(C)C)cc4c3cc2C(C)(C)C)c1.[C-]1=CC=CC1.[Cl-].[Cl-]. The van der Waals surface area contributed by atoms with E-state index in [-0.39, 0.29) is 35.6 Å². The Labute approximate surface area is 356 Å². The van der Waals surface area contributed by atoms with Gasteiger partial charge in [0, 0.05) is 0 Å². The number of aryl methyl sites for hydroxylation is 4. The van der Waals surface area contributed by atoms with E-state index in [9.17, 15) is 0 Å². The summed E-state index contributed by atoms with van der Waals surface area (Å²) in [4.78, 5) is 0. The molecule has 54 heavy (non-hydrogen) atoms. The van der Waals surface area contributed by atoms with Crippen molar-refractivity contribution in [3.05, 3.63) is 124 Å². The Morgan fingerprint density at radius 3 is 1.24 bits per heavy atom. The summed E-state index contributed by atoms with van der Waals surface area (Å²) in [7, 11) is 0. The van der Waals surface area contributed by atoms with Gasteiger partial charge in [0.15, 0.2) is 0 Å². The van der Waals surface area contributed by atoms with Gasteiger partial charge in [-0.05, 0) is 71.9 Å². The van der Waals surface area contributed by atoms with E-state index in [0.717, 1.165) is 18.3 Å². The summed E-state index contributed by atoms with van der Waals surface area (Å²) in [6.45, 7) is 32.0. The van der Waals surface area contributed by atoms with Crippen LogP contribution in [0.5, 0.6) is 0 Å². The fourth-order valence-corrected chi connectivity index (χ4v) is 9.50. The van der Waals surface area contributed by atoms with Crippen LogP contribution in [0.15, 0.2) is 85.0 Å². The Hall–Kier alpha value is -2.44. The maximum Gasteiger partial charge on any atom is -0.0139 e. The molecular weight excluding hydrogens is 775 g/mol. The van der Waals surface area contributed by atoms with Gasteiger partial charge in [0.05, 0.1) is 0 Å². The molecule has 0 fully saturated rings. The van der Waals surface area contributed by atoms with Crippen molar-refractivity contribution >= 4 is 24.8 Å². The first-order valence-corrected chi connectivity index (χ1v) is 20.6. The molecule has 1 aliphatic carbocycles. The number of halogens is 2. The largest absolute Gasteiger partial charge is 1.00 e. The molecule has 1 aliphatic rings. The van der Waals surface area contributed by atoms with Crippen molar-refractivity contribution in [3.63, 3.8) is 0 Å². The third-order valence-electron chi connectivity index (χ3n) is 9.56. The number of rotatable bonds is 6. The zero-order valence-corrected chi connectivity index (χ0v) is 39.6. The molecule has 0 nitrogen and oxygen atoms in total. The van der Waals surface area contributed by atoms with E-state index in [2.05, 4.69) is 176 Å². The van der Waals surface area contributed by atoms with Gasteiger partial charge in [0.25, 0.3) is 0 Å². The van der Waals surface area contributed by atoms with Crippen molar-refractivity contribution in [1.82, 2.24) is 0 Å². The number of benzene rings is 4. The van der Waals surface area contributed by atoms with Crippen LogP contribution in [-0.2, 0) is 35.1 Å². The summed E-state index contributed by atoms with van der Waals surface area (Å²) in [5.41, 5.74) is 13.5. The molecule has 5 aromatic carbocycles. The second-order valence-electron chi connectivity index (χ2n) is 18.2. The van der Waals surface area contributed by atoms with Crippen LogP contribution in [0, 0.1) is 45.6 Å². The topological polar surface area (TPSA) is 0 Å². The minimum absolute atomic E-state index is 0. The second-order valence-corrected chi connectivity index (χ2v) is 19.9. The normalized spacial score (nSPS) is 12.3. The molecule has 0 saturated carbocycles. The molecule has 0 bridgehead atoms. The fraction of sp³-hybridized carbons (Fsp3) is 0.412. The number of allylic oxidation sites excluding steroid dienone is 4. The smallest absolute Gasteiger partial charge is 0.0139 e. The van der Waals surface area contributed by atoms with E-state index in [1.807, 2.05) is 12.2 Å². The summed E-state index contributed by atoms with van der Waals surface area (Å²) in [5.74, 6) is 1.71. The Bertz CT molecular complexity index is 1900. The number of fused-ring (bicyclic) bond motifs is 3. The van der Waals surface area contributed by atoms with Crippen LogP contribution in [0.2, 0.25) is 0 Å². The van der Waals surface area contributed by atoms with Crippen molar-refractivity contribution in [2.24, 2.45) is 11.8 Å². The van der Waals surface area contributed by atoms with Gasteiger partial charge >= 0.3 is 79.8 Å². The molecule has 3 heteroatoms. The third kappa shape index (κ3) is 13.1. The van der Waals surface area contributed by atoms with Gasteiger partial charge in [-0.3, -0.25) is 6.08 Å². The molecular formula is C51H64Cl2Zr-2. The van der Waals surface area contributed by atoms with Crippen LogP contribution in [0.1, 0.15) is 122 Å². The molecule has 0 heterocycles. The predicted octanol–water partition coefficient (Wildman–Crippen LogP) is 8.99. The Balaban J connectivity index is 0.000000498. The Morgan fingerprint density at radius 1 is 0.611 bits per heavy atom. The van der Waals surface area contributed by atoms with Gasteiger partial charge in [0.1, 0.15) is 0 Å². The van der Waals surface area contributed by atoms with E-state index in [0.29, 0.717) is 0 Å². The van der Waals surface area contributed by atoms with E-state index >= 15 is 0 Å². The van der Waals surface area contributed by atoms with Crippen LogP contribution >= 0.6 is 0 Å². The van der Waals surface area contributed by atoms with E-state index < -0.39 is 0 Å². The quantitative estimate of drug-likeness (QED) is 0.150. The summed E-state index contributed by atoms with van der Waals surface area (Å²) in [6.07, 6.45) is 12.7. The molecule has 0 aliphatic heterocycles. The molecule has 6 rings (SSSR count). The summed E-state index contributed by atoms with van der Waals surface area (Å²) >= 11 is 1.65. The van der Waals surface area contributed by atoms with Crippen LogP contribution in [-0.4, -0.2) is 3.21 Å². The van der Waals surface area contributed by atoms with Gasteiger partial charge in [-0.2, -0.15) is 6.08 Å². The van der Waals surface area contributed by atoms with Gasteiger partial charge in [-0.25, -0.2) is 12.2 Å². The van der Waals surface area contributed by atoms with Gasteiger partial charge in [-0.15, -0.1) is 46.2 Å². The van der Waals surface area contributed by atoms with Gasteiger partial charge in [-0.1, -0.05) is 112 Å². The summed E-state index contributed by atoms with van der Waals surface area (Å²) in [6, 6.07) is 26.1. The van der Waals surface area contributed by atoms with E-state index in [1.165, 1.54) is 90.0 Å². The van der Waals surface area contributed by atoms with Crippen LogP contribution in [0.25, 0.3) is 43.8 Å². The monoisotopic (exact) mass is 836 g/mol. The minimum Gasteiger partial charge on any atom is -1.00 e. The molecule has 288 valence electrons. The van der Waals surface area contributed by atoms with E-state index in [1.54, 1.807) is 27.4 Å². The van der Waals surface area contributed by atoms with E-state index in [4.69, 9.17) is 0 Å². The molecule has 0 spiro atoms. The van der Waals surface area contributed by atoms with Gasteiger partial charge in [0.2, 0.25) is 0 Å². The Kier molecular flexibility index (Phi) is 17.8. The molecule has 5 aromatic rings. The Morgan fingerprint density at radius 2 is 0.981 bits per heavy atom. The average molecular weight is 839 g/mol. The predicted molar refractivity (Wildman–Crippen MR) is 230 cm³/mol. The second kappa shape index (κ2) is 20.1. The van der Waals surface area contributed by atoms with Crippen LogP contribution in [0.3, 0.4) is 0 Å². The molecule has 0 atom stereocenters. The molecule has 0 radical (unpaired) electrons. The summed E-state index contributed by atoms with van der Waals surface area (Å²) < 4.78 is 1.75. The van der Waals surface area contributed by atoms with Crippen molar-refractivity contribution in [2.75, 3.05) is 0 Å². The van der Waals surface area contributed by atoms with Crippen molar-refractivity contribution in [2.45, 2.75) is 127 Å². The number of hydrogen-bond acceptors (Lipinski definition) is 0. The first-order valence-electron chi connectivity index (χ1n) is 19.4. The molecule has 0 amide bonds. The number of hydrogen-bond donors (Lipinski definition) is 0. The first-order chi connectivity index (χ1) is 24.2. The van der Waals surface area contributed by atoms with Crippen LogP contribution in [0.4, 0.5) is 0 Å². The standard InChI is InChI=1S/C37H41.C9H18.C5H5.2ClH.Zr/c1-22-11-23(2)14-26(13-22)32-18-28-17-29-19-33(27-15-24(3)12-25(4)16-27)35(37(8,9)10)21-31(29)30(28)20-34(32)36(5,6)7;1-8(2)6-5-7-9(3)4;1-2-4-5-3-1;;;/h11-21H,1-10H3;8-9H,6-7H2,1-4H3;1-3H,4H2;2*1H;/q-1;;-1;;;+2/p-2. The first kappa shape index (κ1) is 47.7. The van der Waals surface area contributed by atoms with Crippen molar-refractivity contribution in [1.29, 1.82) is 0 Å². The minimum atomic E-state index is 0. The molecule has 0 unspecified atom stereocenters.